The van der Waals surface area contributed by atoms with Crippen LogP contribution in [-0.2, 0) is 17.9 Å². The van der Waals surface area contributed by atoms with E-state index in [0.717, 1.165) is 71.6 Å². The second-order valence-corrected chi connectivity index (χ2v) is 11.2. The molecule has 3 aliphatic rings. The molecule has 5 heterocycles. The van der Waals surface area contributed by atoms with Crippen molar-refractivity contribution in [3.05, 3.63) is 52.0 Å². The highest BCUT2D eigenvalue weighted by atomic mass is 32.1. The zero-order valence-corrected chi connectivity index (χ0v) is 19.7. The number of amides is 1. The van der Waals surface area contributed by atoms with Crippen LogP contribution in [0.25, 0.3) is 0 Å². The van der Waals surface area contributed by atoms with Crippen LogP contribution in [0.2, 0.25) is 0 Å². The van der Waals surface area contributed by atoms with E-state index in [2.05, 4.69) is 51.7 Å². The quantitative estimate of drug-likeness (QED) is 0.712. The molecule has 3 aliphatic heterocycles. The molecule has 0 saturated carbocycles. The zero-order valence-electron chi connectivity index (χ0n) is 18.8. The lowest BCUT2D eigenvalue weighted by atomic mass is 9.60. The molecule has 5 nitrogen and oxygen atoms in total. The van der Waals surface area contributed by atoms with Gasteiger partial charge < -0.3 is 4.90 Å². The second kappa shape index (κ2) is 8.30. The lowest BCUT2D eigenvalue weighted by Crippen LogP contribution is -2.52. The molecule has 1 amide bonds. The molecule has 31 heavy (non-hydrogen) atoms. The molecule has 0 bridgehead atoms. The number of nitrogens with zero attached hydrogens (tertiary/aromatic N) is 4. The molecule has 0 radical (unpaired) electrons. The van der Waals surface area contributed by atoms with Crippen LogP contribution in [0.4, 0.5) is 0 Å². The molecule has 0 unspecified atom stereocenters. The summed E-state index contributed by atoms with van der Waals surface area (Å²) in [6.07, 6.45) is 7.08. The third-order valence-corrected chi connectivity index (χ3v) is 9.02. The van der Waals surface area contributed by atoms with E-state index in [4.69, 9.17) is 0 Å². The first-order valence-electron chi connectivity index (χ1n) is 11.7. The number of piperidine rings is 1. The third kappa shape index (κ3) is 3.73. The number of likely N-dealkylation sites (tertiary alicyclic amines) is 3. The van der Waals surface area contributed by atoms with Crippen LogP contribution in [-0.4, -0.2) is 64.9 Å². The molecule has 1 atom stereocenters. The van der Waals surface area contributed by atoms with Gasteiger partial charge in [0, 0.05) is 66.8 Å². The smallest absolute Gasteiger partial charge is 0.230 e. The van der Waals surface area contributed by atoms with Crippen molar-refractivity contribution in [2.75, 3.05) is 39.3 Å². The summed E-state index contributed by atoms with van der Waals surface area (Å²) in [7, 11) is 0. The summed E-state index contributed by atoms with van der Waals surface area (Å²) >= 11 is 1.91. The molecule has 2 aromatic heterocycles. The predicted molar refractivity (Wildman–Crippen MR) is 125 cm³/mol. The van der Waals surface area contributed by atoms with Crippen LogP contribution in [0.15, 0.2) is 36.7 Å². The number of carbonyl (C=O) groups is 1. The van der Waals surface area contributed by atoms with Gasteiger partial charge in [0.2, 0.25) is 5.91 Å². The number of fused-ring (bicyclic) bond motifs is 1. The van der Waals surface area contributed by atoms with E-state index in [0.29, 0.717) is 5.91 Å². The van der Waals surface area contributed by atoms with Crippen LogP contribution in [0, 0.1) is 17.8 Å². The second-order valence-electron chi connectivity index (χ2n) is 9.79. The Hall–Kier alpha value is -1.76. The number of rotatable bonds is 5. The minimum absolute atomic E-state index is 0.109. The molecule has 0 aliphatic carbocycles. The van der Waals surface area contributed by atoms with Gasteiger partial charge >= 0.3 is 0 Å². The molecule has 166 valence electrons. The number of carbonyl (C=O) groups excluding carboxylic acids is 1. The summed E-state index contributed by atoms with van der Waals surface area (Å²) < 4.78 is 0. The van der Waals surface area contributed by atoms with Crippen LogP contribution in [0.1, 0.15) is 41.5 Å². The van der Waals surface area contributed by atoms with Gasteiger partial charge in [0.1, 0.15) is 0 Å². The summed E-state index contributed by atoms with van der Waals surface area (Å²) in [6.45, 7) is 12.2. The Morgan fingerprint density at radius 1 is 1.03 bits per heavy atom. The monoisotopic (exact) mass is 438 g/mol. The number of aromatic nitrogens is 1. The average Bonchev–Trinajstić information content (AvgIpc) is 3.42. The summed E-state index contributed by atoms with van der Waals surface area (Å²) in [6, 6.07) is 8.67. The average molecular weight is 439 g/mol. The van der Waals surface area contributed by atoms with Crippen LogP contribution < -0.4 is 0 Å². The molecule has 3 saturated heterocycles. The molecule has 6 heteroatoms. The zero-order chi connectivity index (χ0) is 21.5. The standard InChI is InChI=1S/C25H34N4OS/c1-3-29-14-10-25(23(29)30)19-28(16-21-5-4-11-26-15-21)18-24(25)8-12-27(13-9-24)17-22-7-6-20(2)31-22/h4-7,11,15H,3,8-10,12-14,16-19H2,1-2H3/t25-/m1/s1. The van der Waals surface area contributed by atoms with Gasteiger partial charge in [0.05, 0.1) is 5.41 Å². The molecule has 0 aromatic carbocycles. The van der Waals surface area contributed by atoms with Gasteiger partial charge in [-0.2, -0.15) is 0 Å². The van der Waals surface area contributed by atoms with Crippen molar-refractivity contribution in [2.24, 2.45) is 10.8 Å². The Bertz CT molecular complexity index is 921. The van der Waals surface area contributed by atoms with Crippen molar-refractivity contribution in [2.45, 2.75) is 46.2 Å². The van der Waals surface area contributed by atoms with E-state index >= 15 is 0 Å². The van der Waals surface area contributed by atoms with Crippen molar-refractivity contribution < 1.29 is 4.79 Å². The molecular weight excluding hydrogens is 404 g/mol. The van der Waals surface area contributed by atoms with E-state index in [1.807, 2.05) is 29.8 Å². The topological polar surface area (TPSA) is 39.7 Å². The number of thiophene rings is 1. The van der Waals surface area contributed by atoms with Gasteiger partial charge in [-0.25, -0.2) is 0 Å². The Kier molecular flexibility index (Phi) is 5.65. The number of pyridine rings is 1. The third-order valence-electron chi connectivity index (χ3n) is 8.04. The lowest BCUT2D eigenvalue weighted by Gasteiger charge is -2.47. The van der Waals surface area contributed by atoms with Gasteiger partial charge in [0.25, 0.3) is 0 Å². The fraction of sp³-hybridized carbons (Fsp3) is 0.600. The number of hydrogen-bond acceptors (Lipinski definition) is 5. The summed E-state index contributed by atoms with van der Waals surface area (Å²) in [5.41, 5.74) is 1.16. The van der Waals surface area contributed by atoms with Crippen molar-refractivity contribution in [1.82, 2.24) is 19.7 Å². The van der Waals surface area contributed by atoms with E-state index < -0.39 is 0 Å². The SMILES string of the molecule is CCN1CC[C@@]2(CN(Cc3cccnc3)CC23CCN(Cc2ccc(C)s2)CC3)C1=O. The van der Waals surface area contributed by atoms with Gasteiger partial charge in [-0.05, 0) is 70.0 Å². The van der Waals surface area contributed by atoms with E-state index in [9.17, 15) is 4.79 Å². The Morgan fingerprint density at radius 3 is 2.52 bits per heavy atom. The Morgan fingerprint density at radius 2 is 1.87 bits per heavy atom. The molecule has 2 aromatic rings. The first-order valence-corrected chi connectivity index (χ1v) is 12.5. The first kappa shape index (κ1) is 21.1. The van der Waals surface area contributed by atoms with Gasteiger partial charge in [0.15, 0.2) is 0 Å². The fourth-order valence-electron chi connectivity index (χ4n) is 6.39. The van der Waals surface area contributed by atoms with Crippen molar-refractivity contribution in [3.8, 4) is 0 Å². The Balaban J connectivity index is 1.35. The minimum atomic E-state index is -0.198. The normalized spacial score (nSPS) is 26.5. The highest BCUT2D eigenvalue weighted by molar-refractivity contribution is 7.11. The first-order chi connectivity index (χ1) is 15.0. The van der Waals surface area contributed by atoms with Crippen LogP contribution in [0.5, 0.6) is 0 Å². The maximum atomic E-state index is 13.7. The highest BCUT2D eigenvalue weighted by Gasteiger charge is 2.64. The van der Waals surface area contributed by atoms with Crippen molar-refractivity contribution in [1.29, 1.82) is 0 Å². The fourth-order valence-corrected chi connectivity index (χ4v) is 7.32. The van der Waals surface area contributed by atoms with Crippen molar-refractivity contribution >= 4 is 17.2 Å². The molecule has 0 N–H and O–H groups in total. The number of hydrogen-bond donors (Lipinski definition) is 0. The van der Waals surface area contributed by atoms with Crippen LogP contribution in [0.3, 0.4) is 0 Å². The summed E-state index contributed by atoms with van der Waals surface area (Å²) in [5.74, 6) is 0.422. The minimum Gasteiger partial charge on any atom is -0.342 e. The van der Waals surface area contributed by atoms with Gasteiger partial charge in [-0.1, -0.05) is 6.07 Å². The van der Waals surface area contributed by atoms with Crippen molar-refractivity contribution in [3.63, 3.8) is 0 Å². The molecule has 2 spiro atoms. The maximum Gasteiger partial charge on any atom is 0.230 e. The molecule has 3 fully saturated rings. The summed E-state index contributed by atoms with van der Waals surface area (Å²) in [4.78, 5) is 28.1. The highest BCUT2D eigenvalue weighted by Crippen LogP contribution is 2.58. The Labute approximate surface area is 190 Å². The molecular formula is C25H34N4OS. The van der Waals surface area contributed by atoms with Gasteiger partial charge in [-0.3, -0.25) is 19.6 Å². The number of aryl methyl sites for hydroxylation is 1. The van der Waals surface area contributed by atoms with E-state index in [1.54, 1.807) is 0 Å². The van der Waals surface area contributed by atoms with Gasteiger partial charge in [-0.15, -0.1) is 11.3 Å². The summed E-state index contributed by atoms with van der Waals surface area (Å²) in [5, 5.41) is 0. The van der Waals surface area contributed by atoms with Crippen LogP contribution >= 0.6 is 11.3 Å². The lowest BCUT2D eigenvalue weighted by molar-refractivity contribution is -0.142. The van der Waals surface area contributed by atoms with E-state index in [1.165, 1.54) is 15.3 Å². The maximum absolute atomic E-state index is 13.7. The predicted octanol–water partition coefficient (Wildman–Crippen LogP) is 3.79. The molecule has 5 rings (SSSR count). The van der Waals surface area contributed by atoms with E-state index in [-0.39, 0.29) is 10.8 Å². The largest absolute Gasteiger partial charge is 0.342 e.